The fraction of sp³-hybridized carbons (Fsp3) is 0.625. The monoisotopic (exact) mass is 498 g/mol. The van der Waals surface area contributed by atoms with Gasteiger partial charge in [-0.3, -0.25) is 28.5 Å². The van der Waals surface area contributed by atoms with Gasteiger partial charge in [0.15, 0.2) is 11.0 Å². The predicted molar refractivity (Wildman–Crippen MR) is 105 cm³/mol. The lowest BCUT2D eigenvalue weighted by Crippen LogP contribution is -2.44. The average molecular weight is 498 g/mol. The van der Waals surface area contributed by atoms with E-state index in [1.165, 1.54) is 17.7 Å². The Morgan fingerprint density at radius 2 is 1.81 bits per heavy atom. The van der Waals surface area contributed by atoms with E-state index in [9.17, 15) is 29.2 Å². The number of aromatic amines is 1. The predicted octanol–water partition coefficient (Wildman–Crippen LogP) is 0.114. The lowest BCUT2D eigenvalue weighted by molar-refractivity contribution is -0.151. The summed E-state index contributed by atoms with van der Waals surface area (Å²) in [5, 5.41) is 21.2. The Bertz CT molecular complexity index is 968. The highest BCUT2D eigenvalue weighted by Crippen LogP contribution is 2.50. The molecule has 1 saturated heterocycles. The Kier molecular flexibility index (Phi) is 8.84. The molecule has 2 rings (SSSR count). The largest absolute Gasteiger partial charge is 0.480 e. The first-order valence-electron chi connectivity index (χ1n) is 9.03. The molecule has 1 aromatic heterocycles. The van der Waals surface area contributed by atoms with Crippen LogP contribution in [0.15, 0.2) is 17.1 Å². The minimum Gasteiger partial charge on any atom is -0.438 e. The van der Waals surface area contributed by atoms with Gasteiger partial charge in [0.25, 0.3) is 5.56 Å². The number of esters is 2. The maximum absolute atomic E-state index is 12.7. The van der Waals surface area contributed by atoms with Gasteiger partial charge in [-0.05, 0) is 19.1 Å². The third kappa shape index (κ3) is 6.76. The molecule has 0 amide bonds. The number of phosphoric ester groups is 1. The van der Waals surface area contributed by atoms with Crippen molar-refractivity contribution in [3.05, 3.63) is 27.4 Å². The summed E-state index contributed by atoms with van der Waals surface area (Å²) in [5.74, 6) is -1.47. The highest BCUT2D eigenvalue weighted by Gasteiger charge is 2.53. The molecule has 32 heavy (non-hydrogen) atoms. The second kappa shape index (κ2) is 10.8. The number of rotatable bonds is 10. The lowest BCUT2D eigenvalue weighted by Gasteiger charge is -2.28. The smallest absolute Gasteiger partial charge is 0.438 e. The van der Waals surface area contributed by atoms with Crippen LogP contribution in [0, 0.1) is 4.77 Å². The number of carbonyl (C=O) groups excluding carboxylic acids is 2. The maximum Gasteiger partial charge on any atom is 0.480 e. The summed E-state index contributed by atoms with van der Waals surface area (Å²) < 4.78 is 43.3. The Labute approximate surface area is 186 Å². The number of carbonyl (C=O) groups is 2. The van der Waals surface area contributed by atoms with E-state index < -0.39 is 69.6 Å². The first-order valence-corrected chi connectivity index (χ1v) is 10.9. The zero-order chi connectivity index (χ0) is 24.1. The van der Waals surface area contributed by atoms with Crippen molar-refractivity contribution in [2.75, 3.05) is 20.2 Å². The van der Waals surface area contributed by atoms with Crippen LogP contribution in [0.2, 0.25) is 0 Å². The molecule has 0 bridgehead atoms. The zero-order valence-electron chi connectivity index (χ0n) is 17.3. The fourth-order valence-corrected chi connectivity index (χ4v) is 3.79. The van der Waals surface area contributed by atoms with Crippen LogP contribution in [-0.4, -0.2) is 69.7 Å². The van der Waals surface area contributed by atoms with Gasteiger partial charge in [0.1, 0.15) is 17.8 Å². The first kappa shape index (κ1) is 26.3. The summed E-state index contributed by atoms with van der Waals surface area (Å²) in [5.41, 5.74) is -2.37. The molecule has 0 aliphatic carbocycles. The average Bonchev–Trinajstić information content (AvgIpc) is 2.89. The molecule has 16 heteroatoms. The van der Waals surface area contributed by atoms with E-state index in [2.05, 4.69) is 14.5 Å². The molecule has 1 aliphatic rings. The molecule has 0 aromatic carbocycles. The van der Waals surface area contributed by atoms with Crippen molar-refractivity contribution in [3.8, 4) is 0 Å². The van der Waals surface area contributed by atoms with E-state index in [4.69, 9.17) is 30.5 Å². The van der Waals surface area contributed by atoms with Crippen molar-refractivity contribution in [3.63, 3.8) is 0 Å². The molecule has 180 valence electrons. The van der Waals surface area contributed by atoms with Gasteiger partial charge >= 0.3 is 19.8 Å². The van der Waals surface area contributed by atoms with Crippen molar-refractivity contribution < 1.29 is 52.1 Å². The summed E-state index contributed by atoms with van der Waals surface area (Å²) >= 11 is 5.05. The molecular weight excluding hydrogens is 475 g/mol. The van der Waals surface area contributed by atoms with Crippen molar-refractivity contribution in [2.24, 2.45) is 0 Å². The Morgan fingerprint density at radius 1 is 1.25 bits per heavy atom. The van der Waals surface area contributed by atoms with E-state index in [1.54, 1.807) is 0 Å². The second-order valence-corrected chi connectivity index (χ2v) is 8.78. The van der Waals surface area contributed by atoms with E-state index >= 15 is 0 Å². The number of nitrogens with zero attached hydrogens (tertiary/aromatic N) is 1. The molecule has 1 fully saturated rings. The van der Waals surface area contributed by atoms with E-state index in [0.717, 1.165) is 19.9 Å². The summed E-state index contributed by atoms with van der Waals surface area (Å²) in [6.45, 7) is 1.22. The molecule has 0 saturated carbocycles. The Hall–Kier alpha value is -1.97. The van der Waals surface area contributed by atoms with Crippen LogP contribution >= 0.6 is 20.0 Å². The van der Waals surface area contributed by atoms with Gasteiger partial charge in [-0.1, -0.05) is 0 Å². The van der Waals surface area contributed by atoms with Crippen LogP contribution in [0.3, 0.4) is 0 Å². The number of ether oxygens (including phenoxy) is 3. The molecule has 1 aliphatic heterocycles. The number of hydrogen-bond donors (Lipinski definition) is 3. The molecule has 1 unspecified atom stereocenters. The topological polar surface area (TPSA) is 185 Å². The highest BCUT2D eigenvalue weighted by atomic mass is 32.1. The summed E-state index contributed by atoms with van der Waals surface area (Å²) in [6.07, 6.45) is -2.78. The van der Waals surface area contributed by atoms with Gasteiger partial charge in [-0.2, -0.15) is 0 Å². The minimum absolute atomic E-state index is 0.0726. The maximum atomic E-state index is 12.7. The van der Waals surface area contributed by atoms with Crippen molar-refractivity contribution in [1.29, 1.82) is 0 Å². The van der Waals surface area contributed by atoms with E-state index in [0.29, 0.717) is 0 Å². The molecule has 0 radical (unpaired) electrons. The third-order valence-corrected chi connectivity index (χ3v) is 5.82. The first-order chi connectivity index (χ1) is 14.9. The van der Waals surface area contributed by atoms with Crippen molar-refractivity contribution in [1.82, 2.24) is 9.55 Å². The van der Waals surface area contributed by atoms with Crippen LogP contribution in [-0.2, 0) is 41.9 Å². The van der Waals surface area contributed by atoms with Crippen LogP contribution in [0.5, 0.6) is 0 Å². The molecule has 14 nitrogen and oxygen atoms in total. The van der Waals surface area contributed by atoms with Crippen molar-refractivity contribution >= 4 is 32.0 Å². The van der Waals surface area contributed by atoms with Crippen molar-refractivity contribution in [2.45, 2.75) is 44.8 Å². The van der Waals surface area contributed by atoms with E-state index in [-0.39, 0.29) is 4.77 Å². The number of phosphoric acid groups is 1. The van der Waals surface area contributed by atoms with Crippen LogP contribution < -0.4 is 5.56 Å². The number of aliphatic hydroxyl groups excluding tert-OH is 1. The number of aliphatic hydroxyl groups is 2. The highest BCUT2D eigenvalue weighted by molar-refractivity contribution is 7.71. The van der Waals surface area contributed by atoms with Gasteiger partial charge in [0.2, 0.25) is 13.6 Å². The standard InChI is InChI=1S/C16H23N2O12PS/c1-9(19)25-7-28-31(24,29-8-26-10(2)20)27-6-11-13(22)16(3,23)14(30-11)18-5-4-12(21)17-15(18)32/h4-5,11,13-14,22-23H,6-8H2,1-3H3,(H,17,21,32)/t11-,13+,14-,16?/m1/s1. The zero-order valence-corrected chi connectivity index (χ0v) is 19.0. The van der Waals surface area contributed by atoms with Crippen LogP contribution in [0.25, 0.3) is 0 Å². The minimum atomic E-state index is -4.46. The molecule has 1 aromatic rings. The van der Waals surface area contributed by atoms with Gasteiger partial charge in [0, 0.05) is 26.1 Å². The fourth-order valence-electron chi connectivity index (χ4n) is 2.61. The SMILES string of the molecule is CC(=O)OCOP(=O)(OCOC(C)=O)OC[C@H]1O[C@@H](n2ccc(=O)[nH]c2=S)C(C)(O)[C@H]1O. The van der Waals surface area contributed by atoms with Gasteiger partial charge in [-0.15, -0.1) is 0 Å². The summed E-state index contributed by atoms with van der Waals surface area (Å²) in [7, 11) is -4.46. The lowest BCUT2D eigenvalue weighted by atomic mass is 9.96. The second-order valence-electron chi connectivity index (χ2n) is 6.72. The normalized spacial score (nSPS) is 25.5. The Morgan fingerprint density at radius 3 is 2.31 bits per heavy atom. The quantitative estimate of drug-likeness (QED) is 0.171. The van der Waals surface area contributed by atoms with Crippen LogP contribution in [0.1, 0.15) is 27.0 Å². The summed E-state index contributed by atoms with van der Waals surface area (Å²) in [4.78, 5) is 35.5. The molecule has 3 N–H and O–H groups in total. The van der Waals surface area contributed by atoms with Gasteiger partial charge in [0.05, 0.1) is 6.61 Å². The molecular formula is C16H23N2O12PS. The third-order valence-electron chi connectivity index (χ3n) is 4.20. The number of aromatic nitrogens is 2. The van der Waals surface area contributed by atoms with Gasteiger partial charge in [-0.25, -0.2) is 13.6 Å². The molecule has 0 spiro atoms. The Balaban J connectivity index is 2.12. The van der Waals surface area contributed by atoms with E-state index in [1.807, 2.05) is 0 Å². The summed E-state index contributed by atoms with van der Waals surface area (Å²) in [6, 6.07) is 1.14. The molecule has 4 atom stereocenters. The van der Waals surface area contributed by atoms with Gasteiger partial charge < -0.3 is 24.4 Å². The number of nitrogens with one attached hydrogen (secondary N) is 1. The number of H-pyrrole nitrogens is 1. The van der Waals surface area contributed by atoms with Crippen LogP contribution in [0.4, 0.5) is 0 Å². The number of hydrogen-bond acceptors (Lipinski definition) is 13. The molecule has 2 heterocycles.